The Balaban J connectivity index is 1.36. The number of benzene rings is 2. The van der Waals surface area contributed by atoms with E-state index >= 15 is 0 Å². The van der Waals surface area contributed by atoms with E-state index in [1.807, 2.05) is 4.90 Å². The van der Waals surface area contributed by atoms with Crippen LogP contribution in [-0.2, 0) is 12.7 Å². The van der Waals surface area contributed by atoms with E-state index in [4.69, 9.17) is 4.52 Å². The highest BCUT2D eigenvalue weighted by atomic mass is 19.4. The summed E-state index contributed by atoms with van der Waals surface area (Å²) >= 11 is 0. The number of alkyl halides is 3. The third-order valence-corrected chi connectivity index (χ3v) is 5.59. The largest absolute Gasteiger partial charge is 0.416 e. The summed E-state index contributed by atoms with van der Waals surface area (Å²) in [4.78, 5) is 31.1. The molecule has 2 aromatic carbocycles. The molecule has 0 atom stereocenters. The van der Waals surface area contributed by atoms with E-state index in [0.717, 1.165) is 12.1 Å². The Labute approximate surface area is 191 Å². The van der Waals surface area contributed by atoms with Crippen molar-refractivity contribution in [3.05, 3.63) is 75.2 Å². The third kappa shape index (κ3) is 5.06. The SMILES string of the molecule is Cc1cc([N+](=O)[O-])ccc1C(=O)N1CCN(Cc2nc(-c3cccc(C(F)(F)F)c3)no2)CC1. The van der Waals surface area contributed by atoms with Crippen LogP contribution in [0, 0.1) is 17.0 Å². The van der Waals surface area contributed by atoms with E-state index in [9.17, 15) is 28.1 Å². The standard InChI is InChI=1S/C22H20F3N5O4/c1-14-11-17(30(32)33)5-6-18(14)21(31)29-9-7-28(8-10-29)13-19-26-20(27-34-19)15-3-2-4-16(12-15)22(23,24)25/h2-6,11-12H,7-10,13H2,1H3. The van der Waals surface area contributed by atoms with Gasteiger partial charge in [-0.2, -0.15) is 18.2 Å². The van der Waals surface area contributed by atoms with Crippen molar-refractivity contribution >= 4 is 11.6 Å². The first-order valence-corrected chi connectivity index (χ1v) is 10.4. The summed E-state index contributed by atoms with van der Waals surface area (Å²) in [6.07, 6.45) is -4.47. The predicted octanol–water partition coefficient (Wildman–Crippen LogP) is 3.93. The van der Waals surface area contributed by atoms with E-state index in [0.29, 0.717) is 43.9 Å². The molecule has 9 nitrogen and oxygen atoms in total. The minimum atomic E-state index is -4.47. The molecule has 178 valence electrons. The molecule has 0 spiro atoms. The Morgan fingerprint density at radius 3 is 2.53 bits per heavy atom. The molecule has 2 heterocycles. The molecule has 3 aromatic rings. The average molecular weight is 475 g/mol. The van der Waals surface area contributed by atoms with Crippen LogP contribution in [-0.4, -0.2) is 56.9 Å². The zero-order valence-corrected chi connectivity index (χ0v) is 18.1. The van der Waals surface area contributed by atoms with Gasteiger partial charge in [-0.25, -0.2) is 0 Å². The Hall–Kier alpha value is -3.80. The number of nitro groups is 1. The Morgan fingerprint density at radius 1 is 1.15 bits per heavy atom. The van der Waals surface area contributed by atoms with Crippen molar-refractivity contribution in [2.24, 2.45) is 0 Å². The van der Waals surface area contributed by atoms with Gasteiger partial charge in [0.15, 0.2) is 0 Å². The van der Waals surface area contributed by atoms with Gasteiger partial charge >= 0.3 is 6.18 Å². The molecular weight excluding hydrogens is 455 g/mol. The normalized spacial score (nSPS) is 14.9. The maximum absolute atomic E-state index is 12.9. The van der Waals surface area contributed by atoms with Gasteiger partial charge in [-0.15, -0.1) is 0 Å². The average Bonchev–Trinajstić information content (AvgIpc) is 3.27. The quantitative estimate of drug-likeness (QED) is 0.407. The minimum absolute atomic E-state index is 0.0667. The van der Waals surface area contributed by atoms with E-state index in [1.54, 1.807) is 11.8 Å². The summed E-state index contributed by atoms with van der Waals surface area (Å²) in [7, 11) is 0. The first-order chi connectivity index (χ1) is 16.1. The van der Waals surface area contributed by atoms with Crippen LogP contribution in [0.4, 0.5) is 18.9 Å². The highest BCUT2D eigenvalue weighted by Gasteiger charge is 2.31. The van der Waals surface area contributed by atoms with Crippen LogP contribution in [0.5, 0.6) is 0 Å². The molecule has 4 rings (SSSR count). The number of nitro benzene ring substituents is 1. The van der Waals surface area contributed by atoms with Crippen LogP contribution in [0.15, 0.2) is 47.0 Å². The molecule has 0 bridgehead atoms. The van der Waals surface area contributed by atoms with Gasteiger partial charge in [-0.05, 0) is 30.7 Å². The van der Waals surface area contributed by atoms with Gasteiger partial charge in [-0.1, -0.05) is 17.3 Å². The second-order valence-electron chi connectivity index (χ2n) is 7.91. The van der Waals surface area contributed by atoms with Crippen LogP contribution in [0.25, 0.3) is 11.4 Å². The monoisotopic (exact) mass is 475 g/mol. The molecule has 1 amide bonds. The first kappa shape index (κ1) is 23.4. The highest BCUT2D eigenvalue weighted by molar-refractivity contribution is 5.96. The molecule has 0 unspecified atom stereocenters. The lowest BCUT2D eigenvalue weighted by Crippen LogP contribution is -2.48. The van der Waals surface area contributed by atoms with Gasteiger partial charge in [0, 0.05) is 49.4 Å². The van der Waals surface area contributed by atoms with E-state index in [-0.39, 0.29) is 28.9 Å². The molecule has 1 saturated heterocycles. The Bertz CT molecular complexity index is 1220. The van der Waals surface area contributed by atoms with Crippen molar-refractivity contribution in [2.75, 3.05) is 26.2 Å². The van der Waals surface area contributed by atoms with Crippen molar-refractivity contribution in [3.8, 4) is 11.4 Å². The van der Waals surface area contributed by atoms with E-state index < -0.39 is 16.7 Å². The number of aryl methyl sites for hydroxylation is 1. The number of carbonyl (C=O) groups excluding carboxylic acids is 1. The Kier molecular flexibility index (Phi) is 6.33. The van der Waals surface area contributed by atoms with Gasteiger partial charge in [0.25, 0.3) is 11.6 Å². The number of halogens is 3. The number of piperazine rings is 1. The van der Waals surface area contributed by atoms with E-state index in [2.05, 4.69) is 10.1 Å². The molecule has 0 N–H and O–H groups in total. The number of nitrogens with zero attached hydrogens (tertiary/aromatic N) is 5. The molecule has 0 aliphatic carbocycles. The van der Waals surface area contributed by atoms with Crippen molar-refractivity contribution in [2.45, 2.75) is 19.6 Å². The molecule has 34 heavy (non-hydrogen) atoms. The molecule has 1 aliphatic heterocycles. The summed E-state index contributed by atoms with van der Waals surface area (Å²) in [5.74, 6) is 0.138. The Morgan fingerprint density at radius 2 is 1.88 bits per heavy atom. The highest BCUT2D eigenvalue weighted by Crippen LogP contribution is 2.31. The zero-order valence-electron chi connectivity index (χ0n) is 18.1. The van der Waals surface area contributed by atoms with Crippen molar-refractivity contribution in [1.29, 1.82) is 0 Å². The lowest BCUT2D eigenvalue weighted by molar-refractivity contribution is -0.384. The fourth-order valence-corrected chi connectivity index (χ4v) is 3.74. The van der Waals surface area contributed by atoms with Crippen LogP contribution in [0.1, 0.15) is 27.4 Å². The molecular formula is C22H20F3N5O4. The van der Waals surface area contributed by atoms with Crippen LogP contribution in [0.3, 0.4) is 0 Å². The van der Waals surface area contributed by atoms with Crippen LogP contribution < -0.4 is 0 Å². The molecule has 1 aliphatic rings. The predicted molar refractivity (Wildman–Crippen MR) is 114 cm³/mol. The summed E-state index contributed by atoms with van der Waals surface area (Å²) in [5, 5.41) is 14.7. The summed E-state index contributed by atoms with van der Waals surface area (Å²) in [6.45, 7) is 3.88. The number of amides is 1. The maximum atomic E-state index is 12.9. The van der Waals surface area contributed by atoms with Crippen molar-refractivity contribution < 1.29 is 27.4 Å². The fraction of sp³-hybridized carbons (Fsp3) is 0.318. The van der Waals surface area contributed by atoms with Crippen molar-refractivity contribution in [3.63, 3.8) is 0 Å². The van der Waals surface area contributed by atoms with Gasteiger partial charge in [-0.3, -0.25) is 19.8 Å². The first-order valence-electron chi connectivity index (χ1n) is 10.4. The number of hydrogen-bond acceptors (Lipinski definition) is 7. The number of rotatable bonds is 5. The lowest BCUT2D eigenvalue weighted by atomic mass is 10.1. The number of carbonyl (C=O) groups is 1. The maximum Gasteiger partial charge on any atom is 0.416 e. The van der Waals surface area contributed by atoms with Gasteiger partial charge in [0.2, 0.25) is 11.7 Å². The third-order valence-electron chi connectivity index (χ3n) is 5.59. The number of hydrogen-bond donors (Lipinski definition) is 0. The second-order valence-corrected chi connectivity index (χ2v) is 7.91. The zero-order chi connectivity index (χ0) is 24.5. The minimum Gasteiger partial charge on any atom is -0.338 e. The molecule has 1 aromatic heterocycles. The van der Waals surface area contributed by atoms with Crippen LogP contribution >= 0.6 is 0 Å². The summed E-state index contributed by atoms with van der Waals surface area (Å²) in [5.41, 5.74) is 0.304. The topological polar surface area (TPSA) is 106 Å². The second kappa shape index (κ2) is 9.21. The van der Waals surface area contributed by atoms with Gasteiger partial charge in [0.05, 0.1) is 17.0 Å². The smallest absolute Gasteiger partial charge is 0.338 e. The summed E-state index contributed by atoms with van der Waals surface area (Å²) in [6, 6.07) is 8.87. The van der Waals surface area contributed by atoms with E-state index in [1.165, 1.54) is 30.3 Å². The van der Waals surface area contributed by atoms with Crippen molar-refractivity contribution in [1.82, 2.24) is 19.9 Å². The molecule has 1 fully saturated rings. The van der Waals surface area contributed by atoms with Gasteiger partial charge in [0.1, 0.15) is 0 Å². The van der Waals surface area contributed by atoms with Crippen LogP contribution in [0.2, 0.25) is 0 Å². The fourth-order valence-electron chi connectivity index (χ4n) is 3.74. The summed E-state index contributed by atoms with van der Waals surface area (Å²) < 4.78 is 44.0. The lowest BCUT2D eigenvalue weighted by Gasteiger charge is -2.34. The molecule has 0 saturated carbocycles. The number of non-ortho nitro benzene ring substituents is 1. The number of aromatic nitrogens is 2. The molecule has 12 heteroatoms. The molecule has 0 radical (unpaired) electrons. The van der Waals surface area contributed by atoms with Gasteiger partial charge < -0.3 is 9.42 Å².